The molecule has 1 unspecified atom stereocenters. The quantitative estimate of drug-likeness (QED) is 0.354. The number of aromatic nitrogens is 1. The van der Waals surface area contributed by atoms with Gasteiger partial charge in [-0.05, 0) is 78.4 Å². The van der Waals surface area contributed by atoms with Crippen LogP contribution in [0.2, 0.25) is 0 Å². The summed E-state index contributed by atoms with van der Waals surface area (Å²) in [6.07, 6.45) is 13.2. The van der Waals surface area contributed by atoms with Crippen LogP contribution in [0, 0.1) is 5.92 Å². The molecule has 0 amide bonds. The summed E-state index contributed by atoms with van der Waals surface area (Å²) in [6.45, 7) is 2.97. The molecule has 0 bridgehead atoms. The van der Waals surface area contributed by atoms with Crippen molar-refractivity contribution in [2.24, 2.45) is 5.92 Å². The molecular formula is C29H34N2OS. The highest BCUT2D eigenvalue weighted by Gasteiger charge is 2.30. The molecule has 2 aromatic heterocycles. The van der Waals surface area contributed by atoms with Crippen LogP contribution in [-0.4, -0.2) is 35.3 Å². The molecule has 4 heteroatoms. The number of thiophene rings is 1. The molecule has 3 aromatic rings. The van der Waals surface area contributed by atoms with E-state index in [1.54, 1.807) is 0 Å². The van der Waals surface area contributed by atoms with Crippen LogP contribution in [0.5, 0.6) is 0 Å². The van der Waals surface area contributed by atoms with Crippen LogP contribution in [0.4, 0.5) is 0 Å². The Morgan fingerprint density at radius 3 is 2.73 bits per heavy atom. The normalized spacial score (nSPS) is 19.2. The van der Waals surface area contributed by atoms with Crippen LogP contribution in [-0.2, 0) is 4.79 Å². The Kier molecular flexibility index (Phi) is 7.33. The molecule has 172 valence electrons. The van der Waals surface area contributed by atoms with Gasteiger partial charge in [-0.15, -0.1) is 11.3 Å². The van der Waals surface area contributed by atoms with E-state index in [0.29, 0.717) is 5.78 Å². The lowest BCUT2D eigenvalue weighted by Gasteiger charge is -2.29. The lowest BCUT2D eigenvalue weighted by atomic mass is 9.83. The summed E-state index contributed by atoms with van der Waals surface area (Å²) < 4.78 is 1.37. The minimum atomic E-state index is -0.0686. The van der Waals surface area contributed by atoms with Crippen LogP contribution < -0.4 is 0 Å². The second-order valence-electron chi connectivity index (χ2n) is 9.64. The van der Waals surface area contributed by atoms with E-state index in [2.05, 4.69) is 45.6 Å². The number of Topliss-reactive ketones (excluding diaryl/α,β-unsaturated/α-hetero) is 1. The number of benzene rings is 1. The minimum Gasteiger partial charge on any atom is -0.299 e. The largest absolute Gasteiger partial charge is 0.299 e. The molecule has 0 saturated heterocycles. The van der Waals surface area contributed by atoms with E-state index < -0.39 is 0 Å². The lowest BCUT2D eigenvalue weighted by Crippen LogP contribution is -2.32. The van der Waals surface area contributed by atoms with Crippen molar-refractivity contribution >= 4 is 32.8 Å². The Morgan fingerprint density at radius 1 is 1.09 bits per heavy atom. The third kappa shape index (κ3) is 5.44. The van der Waals surface area contributed by atoms with Crippen molar-refractivity contribution in [1.82, 2.24) is 9.88 Å². The molecule has 2 aliphatic rings. The molecule has 3 heterocycles. The van der Waals surface area contributed by atoms with Gasteiger partial charge in [0.05, 0.1) is 11.6 Å². The highest BCUT2D eigenvalue weighted by atomic mass is 32.1. The van der Waals surface area contributed by atoms with Gasteiger partial charge in [0.25, 0.3) is 0 Å². The van der Waals surface area contributed by atoms with Crippen molar-refractivity contribution in [1.29, 1.82) is 0 Å². The van der Waals surface area contributed by atoms with Gasteiger partial charge in [0.2, 0.25) is 0 Å². The van der Waals surface area contributed by atoms with E-state index in [-0.39, 0.29) is 11.8 Å². The van der Waals surface area contributed by atoms with Crippen LogP contribution in [0.1, 0.15) is 68.5 Å². The number of ketones is 1. The second-order valence-corrected chi connectivity index (χ2v) is 10.6. The highest BCUT2D eigenvalue weighted by Crippen LogP contribution is 2.32. The SMILES string of the molecule is O=C(C1CCCCCC1)C(CCN1CC=C(c2ccc3ccsc3c2)CC1)c1ccccn1. The maximum absolute atomic E-state index is 13.6. The Morgan fingerprint density at radius 2 is 1.97 bits per heavy atom. The zero-order chi connectivity index (χ0) is 22.5. The fourth-order valence-electron chi connectivity index (χ4n) is 5.51. The number of carbonyl (C=O) groups excluding carboxylic acids is 1. The zero-order valence-electron chi connectivity index (χ0n) is 19.4. The topological polar surface area (TPSA) is 33.2 Å². The Balaban J connectivity index is 1.24. The molecule has 0 radical (unpaired) electrons. The number of pyridine rings is 1. The Labute approximate surface area is 201 Å². The molecular weight excluding hydrogens is 424 g/mol. The van der Waals surface area contributed by atoms with Gasteiger partial charge in [0.1, 0.15) is 5.78 Å². The standard InChI is InChI=1S/C29H34N2OS/c32-29(24-7-3-1-2-4-8-24)26(27-9-5-6-16-30-27)14-19-31-17-12-22(13-18-31)25-11-10-23-15-20-33-28(23)21-25/h5-6,9-12,15-16,20-21,24,26H,1-4,7-8,13-14,17-19H2. The van der Waals surface area contributed by atoms with Gasteiger partial charge in [-0.3, -0.25) is 14.7 Å². The van der Waals surface area contributed by atoms with Crippen LogP contribution in [0.25, 0.3) is 15.7 Å². The number of hydrogen-bond donors (Lipinski definition) is 0. The third-order valence-electron chi connectivity index (χ3n) is 7.50. The van der Waals surface area contributed by atoms with E-state index in [4.69, 9.17) is 0 Å². The molecule has 0 N–H and O–H groups in total. The summed E-state index contributed by atoms with van der Waals surface area (Å²) in [4.78, 5) is 20.7. The summed E-state index contributed by atoms with van der Waals surface area (Å²) >= 11 is 1.82. The van der Waals surface area contributed by atoms with E-state index in [1.807, 2.05) is 35.7 Å². The molecule has 1 saturated carbocycles. The van der Waals surface area contributed by atoms with Crippen LogP contribution in [0.3, 0.4) is 0 Å². The van der Waals surface area contributed by atoms with Gasteiger partial charge in [-0.2, -0.15) is 0 Å². The van der Waals surface area contributed by atoms with Crippen molar-refractivity contribution in [3.63, 3.8) is 0 Å². The molecule has 5 rings (SSSR count). The van der Waals surface area contributed by atoms with Gasteiger partial charge < -0.3 is 0 Å². The first-order chi connectivity index (χ1) is 16.3. The number of rotatable bonds is 7. The molecule has 0 spiro atoms. The minimum absolute atomic E-state index is 0.0686. The molecule has 33 heavy (non-hydrogen) atoms. The van der Waals surface area contributed by atoms with Crippen LogP contribution in [0.15, 0.2) is 60.1 Å². The maximum Gasteiger partial charge on any atom is 0.145 e. The summed E-state index contributed by atoms with van der Waals surface area (Å²) in [5, 5.41) is 3.50. The maximum atomic E-state index is 13.6. The summed E-state index contributed by atoms with van der Waals surface area (Å²) in [6, 6.07) is 15.1. The average Bonchev–Trinajstić information content (AvgIpc) is 3.17. The van der Waals surface area contributed by atoms with E-state index in [1.165, 1.54) is 46.9 Å². The predicted octanol–water partition coefficient (Wildman–Crippen LogP) is 7.10. The number of nitrogens with zero attached hydrogens (tertiary/aromatic N) is 2. The van der Waals surface area contributed by atoms with Gasteiger partial charge in [0.15, 0.2) is 0 Å². The fourth-order valence-corrected chi connectivity index (χ4v) is 6.34. The van der Waals surface area contributed by atoms with Crippen molar-refractivity contribution in [3.05, 3.63) is 71.4 Å². The van der Waals surface area contributed by atoms with E-state index >= 15 is 0 Å². The number of fused-ring (bicyclic) bond motifs is 1. The number of carbonyl (C=O) groups is 1. The number of hydrogen-bond acceptors (Lipinski definition) is 4. The monoisotopic (exact) mass is 458 g/mol. The Bertz CT molecular complexity index is 1100. The smallest absolute Gasteiger partial charge is 0.145 e. The van der Waals surface area contributed by atoms with Crippen molar-refractivity contribution < 1.29 is 4.79 Å². The fraction of sp³-hybridized carbons (Fsp3) is 0.448. The van der Waals surface area contributed by atoms with E-state index in [9.17, 15) is 4.79 Å². The van der Waals surface area contributed by atoms with Gasteiger partial charge >= 0.3 is 0 Å². The Hall–Kier alpha value is -2.30. The van der Waals surface area contributed by atoms with Gasteiger partial charge in [-0.1, -0.05) is 50.0 Å². The molecule has 3 nitrogen and oxygen atoms in total. The highest BCUT2D eigenvalue weighted by molar-refractivity contribution is 7.17. The summed E-state index contributed by atoms with van der Waals surface area (Å²) in [5.74, 6) is 0.591. The van der Waals surface area contributed by atoms with Gasteiger partial charge in [-0.25, -0.2) is 0 Å². The summed E-state index contributed by atoms with van der Waals surface area (Å²) in [5.41, 5.74) is 3.78. The molecule has 1 fully saturated rings. The lowest BCUT2D eigenvalue weighted by molar-refractivity contribution is -0.125. The van der Waals surface area contributed by atoms with Crippen molar-refractivity contribution in [3.8, 4) is 0 Å². The molecule has 1 aliphatic heterocycles. The average molecular weight is 459 g/mol. The first-order valence-corrected chi connectivity index (χ1v) is 13.5. The molecule has 1 atom stereocenters. The van der Waals surface area contributed by atoms with Crippen LogP contribution >= 0.6 is 11.3 Å². The van der Waals surface area contributed by atoms with Crippen molar-refractivity contribution in [2.45, 2.75) is 57.3 Å². The third-order valence-corrected chi connectivity index (χ3v) is 8.38. The van der Waals surface area contributed by atoms with E-state index in [0.717, 1.165) is 51.0 Å². The summed E-state index contributed by atoms with van der Waals surface area (Å²) in [7, 11) is 0. The molecule has 1 aromatic carbocycles. The second kappa shape index (κ2) is 10.8. The zero-order valence-corrected chi connectivity index (χ0v) is 20.2. The van der Waals surface area contributed by atoms with Gasteiger partial charge in [0, 0.05) is 29.9 Å². The first-order valence-electron chi connectivity index (χ1n) is 12.6. The van der Waals surface area contributed by atoms with Crippen molar-refractivity contribution in [2.75, 3.05) is 19.6 Å². The predicted molar refractivity (Wildman–Crippen MR) is 139 cm³/mol. The first kappa shape index (κ1) is 22.5. The molecule has 1 aliphatic carbocycles.